The Hall–Kier alpha value is -0.570. The quantitative estimate of drug-likeness (QED) is 0.417. The molecule has 1 rings (SSSR count). The molecule has 0 saturated carbocycles. The molecule has 3 heteroatoms. The van der Waals surface area contributed by atoms with Gasteiger partial charge in [0, 0.05) is 14.1 Å². The van der Waals surface area contributed by atoms with Crippen LogP contribution in [-0.2, 0) is 0 Å². The van der Waals surface area contributed by atoms with Crippen molar-refractivity contribution in [3.63, 3.8) is 0 Å². The predicted molar refractivity (Wildman–Crippen MR) is 28.9 cm³/mol. The van der Waals surface area contributed by atoms with Crippen molar-refractivity contribution in [1.82, 2.24) is 10.0 Å². The van der Waals surface area contributed by atoms with Gasteiger partial charge in [-0.25, -0.2) is 5.01 Å². The van der Waals surface area contributed by atoms with Crippen molar-refractivity contribution >= 4 is 6.34 Å². The first-order chi connectivity index (χ1) is 3.30. The Bertz CT molecular complexity index is 88.9. The predicted octanol–water partition coefficient (Wildman–Crippen LogP) is -0.236. The summed E-state index contributed by atoms with van der Waals surface area (Å²) in [6.45, 7) is 0.802. The van der Waals surface area contributed by atoms with Crippen LogP contribution < -0.4 is 0 Å². The van der Waals surface area contributed by atoms with Crippen LogP contribution in [0, 0.1) is 0 Å². The van der Waals surface area contributed by atoms with E-state index in [9.17, 15) is 0 Å². The average Bonchev–Trinajstić information content (AvgIpc) is 1.91. The van der Waals surface area contributed by atoms with E-state index in [1.165, 1.54) is 0 Å². The van der Waals surface area contributed by atoms with Crippen LogP contribution in [0.15, 0.2) is 4.99 Å². The third-order valence-electron chi connectivity index (χ3n) is 1.07. The van der Waals surface area contributed by atoms with Crippen LogP contribution in [0.25, 0.3) is 0 Å². The number of hydrogen-bond donors (Lipinski definition) is 0. The molecular weight excluding hydrogens is 90.1 g/mol. The molecule has 0 atom stereocenters. The second-order valence-electron chi connectivity index (χ2n) is 1.67. The summed E-state index contributed by atoms with van der Waals surface area (Å²) in [5.41, 5.74) is 0. The van der Waals surface area contributed by atoms with E-state index in [0.717, 1.165) is 6.67 Å². The maximum Gasteiger partial charge on any atom is 0.110 e. The lowest BCUT2D eigenvalue weighted by molar-refractivity contribution is 0.140. The number of hydrogen-bond acceptors (Lipinski definition) is 3. The molecule has 0 bridgehead atoms. The molecule has 0 fully saturated rings. The molecule has 0 unspecified atom stereocenters. The molecule has 0 radical (unpaired) electrons. The third-order valence-corrected chi connectivity index (χ3v) is 1.07. The molecule has 0 amide bonds. The van der Waals surface area contributed by atoms with Crippen LogP contribution in [0.3, 0.4) is 0 Å². The van der Waals surface area contributed by atoms with Crippen LogP contribution in [0.5, 0.6) is 0 Å². The second kappa shape index (κ2) is 1.50. The van der Waals surface area contributed by atoms with Crippen molar-refractivity contribution in [3.8, 4) is 0 Å². The molecule has 3 nitrogen and oxygen atoms in total. The van der Waals surface area contributed by atoms with Gasteiger partial charge in [0.1, 0.15) is 13.0 Å². The minimum Gasteiger partial charge on any atom is -0.298 e. The van der Waals surface area contributed by atoms with E-state index >= 15 is 0 Å². The van der Waals surface area contributed by atoms with Gasteiger partial charge >= 0.3 is 0 Å². The van der Waals surface area contributed by atoms with Crippen LogP contribution >= 0.6 is 0 Å². The Morgan fingerprint density at radius 3 is 2.43 bits per heavy atom. The minimum atomic E-state index is 0.802. The Kier molecular flexibility index (Phi) is 0.982. The lowest BCUT2D eigenvalue weighted by Crippen LogP contribution is -2.29. The van der Waals surface area contributed by atoms with E-state index < -0.39 is 0 Å². The van der Waals surface area contributed by atoms with Crippen LogP contribution in [-0.4, -0.2) is 37.1 Å². The first kappa shape index (κ1) is 4.59. The molecule has 0 spiro atoms. The number of hydrazine groups is 1. The summed E-state index contributed by atoms with van der Waals surface area (Å²) >= 11 is 0. The average molecular weight is 99.1 g/mol. The molecule has 1 aliphatic heterocycles. The maximum absolute atomic E-state index is 3.97. The highest BCUT2D eigenvalue weighted by Gasteiger charge is 2.03. The van der Waals surface area contributed by atoms with Gasteiger partial charge in [-0.1, -0.05) is 0 Å². The Morgan fingerprint density at radius 1 is 1.57 bits per heavy atom. The van der Waals surface area contributed by atoms with Gasteiger partial charge in [-0.3, -0.25) is 10.0 Å². The van der Waals surface area contributed by atoms with Crippen molar-refractivity contribution < 1.29 is 0 Å². The molecule has 0 saturated heterocycles. The van der Waals surface area contributed by atoms with Crippen LogP contribution in [0.4, 0.5) is 0 Å². The molecule has 0 aromatic carbocycles. The summed E-state index contributed by atoms with van der Waals surface area (Å²) in [7, 11) is 3.96. The monoisotopic (exact) mass is 99.1 g/mol. The molecule has 0 aromatic rings. The highest BCUT2D eigenvalue weighted by atomic mass is 15.6. The normalized spacial score (nSPS) is 21.7. The molecular formula is C4H9N3. The summed E-state index contributed by atoms with van der Waals surface area (Å²) in [4.78, 5) is 3.97. The van der Waals surface area contributed by atoms with E-state index in [2.05, 4.69) is 4.99 Å². The van der Waals surface area contributed by atoms with Crippen LogP contribution in [0.2, 0.25) is 0 Å². The standard InChI is InChI=1S/C4H9N3/c1-6-3-5-4-7(6)2/h3H,4H2,1-2H3. The van der Waals surface area contributed by atoms with Crippen molar-refractivity contribution in [2.24, 2.45) is 4.99 Å². The van der Waals surface area contributed by atoms with E-state index in [4.69, 9.17) is 0 Å². The number of rotatable bonds is 0. The van der Waals surface area contributed by atoms with Gasteiger partial charge in [0.25, 0.3) is 0 Å². The minimum absolute atomic E-state index is 0.802. The molecule has 0 N–H and O–H groups in total. The van der Waals surface area contributed by atoms with Gasteiger partial charge in [-0.05, 0) is 0 Å². The Morgan fingerprint density at radius 2 is 2.29 bits per heavy atom. The lowest BCUT2D eigenvalue weighted by Gasteiger charge is -2.16. The van der Waals surface area contributed by atoms with E-state index in [-0.39, 0.29) is 0 Å². The third kappa shape index (κ3) is 0.718. The zero-order chi connectivity index (χ0) is 5.28. The summed E-state index contributed by atoms with van der Waals surface area (Å²) in [5.74, 6) is 0. The van der Waals surface area contributed by atoms with Gasteiger partial charge in [-0.2, -0.15) is 0 Å². The lowest BCUT2D eigenvalue weighted by atomic mass is 11.0. The van der Waals surface area contributed by atoms with Crippen molar-refractivity contribution in [1.29, 1.82) is 0 Å². The first-order valence-electron chi connectivity index (χ1n) is 2.24. The van der Waals surface area contributed by atoms with E-state index in [0.29, 0.717) is 0 Å². The number of nitrogens with zero attached hydrogens (tertiary/aromatic N) is 3. The Balaban J connectivity index is 2.45. The van der Waals surface area contributed by atoms with Gasteiger partial charge in [0.05, 0.1) is 0 Å². The summed E-state index contributed by atoms with van der Waals surface area (Å²) in [6, 6.07) is 0. The highest BCUT2D eigenvalue weighted by Crippen LogP contribution is 1.92. The first-order valence-corrected chi connectivity index (χ1v) is 2.24. The fourth-order valence-corrected chi connectivity index (χ4v) is 0.461. The SMILES string of the molecule is CN1C=NCN1C. The number of aliphatic imine (C=N–C) groups is 1. The van der Waals surface area contributed by atoms with Crippen molar-refractivity contribution in [2.45, 2.75) is 0 Å². The van der Waals surface area contributed by atoms with Crippen molar-refractivity contribution in [3.05, 3.63) is 0 Å². The molecule has 0 aromatic heterocycles. The zero-order valence-electron chi connectivity index (χ0n) is 4.63. The van der Waals surface area contributed by atoms with Crippen LogP contribution in [0.1, 0.15) is 0 Å². The zero-order valence-corrected chi connectivity index (χ0v) is 4.63. The highest BCUT2D eigenvalue weighted by molar-refractivity contribution is 5.55. The topological polar surface area (TPSA) is 18.8 Å². The van der Waals surface area contributed by atoms with Gasteiger partial charge < -0.3 is 0 Å². The summed E-state index contributed by atoms with van der Waals surface area (Å²) in [6.07, 6.45) is 1.81. The summed E-state index contributed by atoms with van der Waals surface area (Å²) in [5, 5.41) is 3.96. The fourth-order valence-electron chi connectivity index (χ4n) is 0.461. The van der Waals surface area contributed by atoms with Gasteiger partial charge in [0.2, 0.25) is 0 Å². The Labute approximate surface area is 43.2 Å². The molecule has 1 aliphatic rings. The summed E-state index contributed by atoms with van der Waals surface area (Å²) < 4.78 is 0. The van der Waals surface area contributed by atoms with Crippen molar-refractivity contribution in [2.75, 3.05) is 20.8 Å². The smallest absolute Gasteiger partial charge is 0.110 e. The largest absolute Gasteiger partial charge is 0.298 e. The van der Waals surface area contributed by atoms with E-state index in [1.54, 1.807) is 6.34 Å². The van der Waals surface area contributed by atoms with Gasteiger partial charge in [0.15, 0.2) is 0 Å². The van der Waals surface area contributed by atoms with Gasteiger partial charge in [-0.15, -0.1) is 0 Å². The second-order valence-corrected chi connectivity index (χ2v) is 1.67. The van der Waals surface area contributed by atoms with E-state index in [1.807, 2.05) is 24.1 Å². The molecule has 40 valence electrons. The molecule has 7 heavy (non-hydrogen) atoms. The molecule has 1 heterocycles. The maximum atomic E-state index is 3.97. The molecule has 0 aliphatic carbocycles. The fraction of sp³-hybridized carbons (Fsp3) is 0.750.